The molecule has 60 valence electrons. The minimum atomic E-state index is 0.348. The lowest BCUT2D eigenvalue weighted by atomic mass is 10.3. The molecule has 0 aliphatic carbocycles. The molecule has 1 N–H and O–H groups in total. The molecule has 4 nitrogen and oxygen atoms in total. The number of pyridine rings is 1. The van der Waals surface area contributed by atoms with E-state index in [1.165, 1.54) is 0 Å². The maximum atomic E-state index is 10.4. The van der Waals surface area contributed by atoms with Gasteiger partial charge in [0.05, 0.1) is 17.2 Å². The normalized spacial score (nSPS) is 10.4. The monoisotopic (exact) mass is 161 g/mol. The first-order valence-corrected chi connectivity index (χ1v) is 3.57. The van der Waals surface area contributed by atoms with Gasteiger partial charge in [-0.1, -0.05) is 0 Å². The summed E-state index contributed by atoms with van der Waals surface area (Å²) in [4.78, 5) is 21.3. The minimum Gasteiger partial charge on any atom is -0.334 e. The smallest absolute Gasteiger partial charge is 0.185 e. The van der Waals surface area contributed by atoms with Crippen molar-refractivity contribution in [2.24, 2.45) is 0 Å². The summed E-state index contributed by atoms with van der Waals surface area (Å²) in [5.41, 5.74) is 2.58. The molecule has 0 bridgehead atoms. The lowest BCUT2D eigenvalue weighted by molar-refractivity contribution is 0.111. The third kappa shape index (κ3) is 0.887. The fourth-order valence-electron chi connectivity index (χ4n) is 1.14. The van der Waals surface area contributed by atoms with Crippen LogP contribution in [0.15, 0.2) is 12.4 Å². The Morgan fingerprint density at radius 2 is 2.33 bits per heavy atom. The molecule has 0 saturated carbocycles. The predicted octanol–water partition coefficient (Wildman–Crippen LogP) is 1.08. The Labute approximate surface area is 68.7 Å². The summed E-state index contributed by atoms with van der Waals surface area (Å²) in [6, 6.07) is 0. The van der Waals surface area contributed by atoms with Crippen molar-refractivity contribution in [2.75, 3.05) is 0 Å². The van der Waals surface area contributed by atoms with Gasteiger partial charge in [-0.15, -0.1) is 0 Å². The Bertz CT molecular complexity index is 433. The number of nitrogens with zero attached hydrogens (tertiary/aromatic N) is 2. The van der Waals surface area contributed by atoms with Gasteiger partial charge in [0.2, 0.25) is 0 Å². The van der Waals surface area contributed by atoms with Crippen LogP contribution >= 0.6 is 0 Å². The van der Waals surface area contributed by atoms with Crippen molar-refractivity contribution >= 4 is 17.3 Å². The molecule has 2 heterocycles. The molecule has 2 aromatic rings. The number of imidazole rings is 1. The number of aryl methyl sites for hydroxylation is 1. The van der Waals surface area contributed by atoms with Gasteiger partial charge in [0, 0.05) is 6.20 Å². The lowest BCUT2D eigenvalue weighted by Gasteiger charge is -1.89. The van der Waals surface area contributed by atoms with Crippen LogP contribution in [0, 0.1) is 6.92 Å². The lowest BCUT2D eigenvalue weighted by Crippen LogP contribution is -1.79. The Morgan fingerprint density at radius 1 is 1.50 bits per heavy atom. The van der Waals surface area contributed by atoms with E-state index in [4.69, 9.17) is 0 Å². The summed E-state index contributed by atoms with van der Waals surface area (Å²) in [5, 5.41) is 0. The maximum Gasteiger partial charge on any atom is 0.185 e. The van der Waals surface area contributed by atoms with Gasteiger partial charge in [0.25, 0.3) is 0 Å². The molecule has 0 aliphatic rings. The minimum absolute atomic E-state index is 0.348. The van der Waals surface area contributed by atoms with E-state index in [1.807, 2.05) is 6.92 Å². The van der Waals surface area contributed by atoms with Crippen LogP contribution in [0.25, 0.3) is 11.0 Å². The number of aromatic nitrogens is 3. The van der Waals surface area contributed by atoms with Crippen molar-refractivity contribution in [3.63, 3.8) is 0 Å². The first-order valence-electron chi connectivity index (χ1n) is 3.57. The van der Waals surface area contributed by atoms with Crippen LogP contribution in [0.2, 0.25) is 0 Å². The second kappa shape index (κ2) is 2.41. The van der Waals surface area contributed by atoms with Crippen LogP contribution in [-0.4, -0.2) is 21.2 Å². The van der Waals surface area contributed by atoms with E-state index in [9.17, 15) is 4.79 Å². The molecule has 0 amide bonds. The van der Waals surface area contributed by atoms with Gasteiger partial charge in [0.15, 0.2) is 12.1 Å². The first-order chi connectivity index (χ1) is 5.81. The number of H-pyrrole nitrogens is 1. The molecule has 0 spiro atoms. The average Bonchev–Trinajstić information content (AvgIpc) is 2.49. The zero-order chi connectivity index (χ0) is 8.55. The Morgan fingerprint density at radius 3 is 3.00 bits per heavy atom. The van der Waals surface area contributed by atoms with E-state index in [1.54, 1.807) is 12.4 Å². The van der Waals surface area contributed by atoms with Crippen molar-refractivity contribution in [1.29, 1.82) is 0 Å². The number of aldehydes is 1. The zero-order valence-electron chi connectivity index (χ0n) is 6.53. The van der Waals surface area contributed by atoms with Crippen LogP contribution in [0.1, 0.15) is 16.2 Å². The highest BCUT2D eigenvalue weighted by Gasteiger charge is 2.02. The zero-order valence-corrected chi connectivity index (χ0v) is 6.53. The highest BCUT2D eigenvalue weighted by atomic mass is 16.1. The Balaban J connectivity index is 2.82. The molecule has 12 heavy (non-hydrogen) atoms. The molecular weight excluding hydrogens is 154 g/mol. The van der Waals surface area contributed by atoms with Crippen LogP contribution in [0.3, 0.4) is 0 Å². The molecule has 0 aromatic carbocycles. The quantitative estimate of drug-likeness (QED) is 0.636. The molecule has 2 aromatic heterocycles. The number of rotatable bonds is 1. The molecule has 0 atom stereocenters. The summed E-state index contributed by atoms with van der Waals surface area (Å²) >= 11 is 0. The van der Waals surface area contributed by atoms with E-state index >= 15 is 0 Å². The number of nitrogens with one attached hydrogen (secondary N) is 1. The molecule has 2 rings (SSSR count). The molecule has 0 unspecified atom stereocenters. The summed E-state index contributed by atoms with van der Waals surface area (Å²) in [7, 11) is 0. The van der Waals surface area contributed by atoms with E-state index in [0.717, 1.165) is 16.6 Å². The maximum absolute atomic E-state index is 10.4. The highest BCUT2D eigenvalue weighted by molar-refractivity contribution is 5.83. The molecular formula is C8H7N3O. The van der Waals surface area contributed by atoms with Crippen molar-refractivity contribution in [2.45, 2.75) is 6.92 Å². The second-order valence-corrected chi connectivity index (χ2v) is 2.59. The fourth-order valence-corrected chi connectivity index (χ4v) is 1.14. The second-order valence-electron chi connectivity index (χ2n) is 2.59. The molecule has 0 aliphatic heterocycles. The van der Waals surface area contributed by atoms with Crippen LogP contribution in [-0.2, 0) is 0 Å². The van der Waals surface area contributed by atoms with Crippen LogP contribution < -0.4 is 0 Å². The topological polar surface area (TPSA) is 58.6 Å². The number of carbonyl (C=O) groups excluding carboxylic acids is 1. The van der Waals surface area contributed by atoms with Gasteiger partial charge in [-0.25, -0.2) is 4.98 Å². The average molecular weight is 161 g/mol. The van der Waals surface area contributed by atoms with E-state index in [-0.39, 0.29) is 0 Å². The molecule has 0 saturated heterocycles. The van der Waals surface area contributed by atoms with Crippen LogP contribution in [0.4, 0.5) is 0 Å². The van der Waals surface area contributed by atoms with Crippen LogP contribution in [0.5, 0.6) is 0 Å². The number of carbonyl (C=O) groups is 1. The summed E-state index contributed by atoms with van der Waals surface area (Å²) in [6.45, 7) is 1.91. The highest BCUT2D eigenvalue weighted by Crippen LogP contribution is 2.12. The largest absolute Gasteiger partial charge is 0.334 e. The number of hydrogen-bond acceptors (Lipinski definition) is 3. The van der Waals surface area contributed by atoms with Crippen molar-refractivity contribution < 1.29 is 4.79 Å². The van der Waals surface area contributed by atoms with Gasteiger partial charge in [-0.05, 0) is 12.5 Å². The molecule has 4 heteroatoms. The van der Waals surface area contributed by atoms with E-state index in [2.05, 4.69) is 15.0 Å². The number of hydrogen-bond donors (Lipinski definition) is 1. The molecule has 0 radical (unpaired) electrons. The van der Waals surface area contributed by atoms with Gasteiger partial charge in [-0.2, -0.15) is 0 Å². The fraction of sp³-hybridized carbons (Fsp3) is 0.125. The SMILES string of the molecule is Cc1cncc2[nH]c(C=O)nc12. The van der Waals surface area contributed by atoms with Crippen molar-refractivity contribution in [3.05, 3.63) is 23.8 Å². The third-order valence-corrected chi connectivity index (χ3v) is 1.71. The van der Waals surface area contributed by atoms with Gasteiger partial charge >= 0.3 is 0 Å². The Hall–Kier alpha value is -1.71. The van der Waals surface area contributed by atoms with Gasteiger partial charge < -0.3 is 4.98 Å². The number of fused-ring (bicyclic) bond motifs is 1. The van der Waals surface area contributed by atoms with Gasteiger partial charge in [-0.3, -0.25) is 9.78 Å². The van der Waals surface area contributed by atoms with Crippen molar-refractivity contribution in [3.8, 4) is 0 Å². The standard InChI is InChI=1S/C8H7N3O/c1-5-2-9-3-6-8(5)11-7(4-12)10-6/h2-4H,1H3,(H,10,11). The first kappa shape index (κ1) is 6.97. The molecule has 0 fully saturated rings. The summed E-state index contributed by atoms with van der Waals surface area (Å²) < 4.78 is 0. The van der Waals surface area contributed by atoms with Crippen molar-refractivity contribution in [1.82, 2.24) is 15.0 Å². The third-order valence-electron chi connectivity index (χ3n) is 1.71. The summed E-state index contributed by atoms with van der Waals surface area (Å²) in [6.07, 6.45) is 4.07. The van der Waals surface area contributed by atoms with E-state index < -0.39 is 0 Å². The summed E-state index contributed by atoms with van der Waals surface area (Å²) in [5.74, 6) is 0.348. The predicted molar refractivity (Wildman–Crippen MR) is 44.0 cm³/mol. The Kier molecular flexibility index (Phi) is 1.40. The number of aromatic amines is 1. The van der Waals surface area contributed by atoms with E-state index in [0.29, 0.717) is 12.1 Å². The van der Waals surface area contributed by atoms with Gasteiger partial charge in [0.1, 0.15) is 0 Å².